The predicted molar refractivity (Wildman–Crippen MR) is 127 cm³/mol. The zero-order valence-corrected chi connectivity index (χ0v) is 20.5. The van der Waals surface area contributed by atoms with E-state index in [1.54, 1.807) is 18.2 Å². The molecule has 8 nitrogen and oxygen atoms in total. The monoisotopic (exact) mass is 493 g/mol. The molecular weight excluding hydrogens is 462 g/mol. The minimum Gasteiger partial charge on any atom is -0.376 e. The summed E-state index contributed by atoms with van der Waals surface area (Å²) >= 11 is 1.48. The molecule has 2 heterocycles. The Labute approximate surface area is 199 Å². The van der Waals surface area contributed by atoms with Crippen LogP contribution < -0.4 is 10.0 Å². The van der Waals surface area contributed by atoms with Gasteiger partial charge in [0.2, 0.25) is 21.8 Å². The van der Waals surface area contributed by atoms with Crippen LogP contribution in [0.2, 0.25) is 0 Å². The molecule has 2 amide bonds. The molecule has 0 aliphatic carbocycles. The van der Waals surface area contributed by atoms with Gasteiger partial charge in [0.1, 0.15) is 6.04 Å². The fourth-order valence-electron chi connectivity index (χ4n) is 3.78. The molecule has 180 valence electrons. The lowest BCUT2D eigenvalue weighted by Gasteiger charge is -2.33. The number of benzene rings is 1. The third kappa shape index (κ3) is 7.10. The lowest BCUT2D eigenvalue weighted by atomic mass is 10.0. The molecule has 33 heavy (non-hydrogen) atoms. The Bertz CT molecular complexity index is 1000. The average molecular weight is 494 g/mol. The second-order valence-electron chi connectivity index (χ2n) is 8.31. The van der Waals surface area contributed by atoms with E-state index in [1.165, 1.54) is 28.4 Å². The van der Waals surface area contributed by atoms with Crippen LogP contribution in [-0.2, 0) is 30.9 Å². The highest BCUT2D eigenvalue weighted by Gasteiger charge is 2.33. The van der Waals surface area contributed by atoms with E-state index < -0.39 is 28.5 Å². The SMILES string of the molecule is CC(C)[C@@H](C(=O)NC[C@H]1CCCO1)N(Cc1cccs1)C(=O)CNS(=O)(=O)c1ccccc1. The maximum Gasteiger partial charge on any atom is 0.243 e. The molecule has 1 aliphatic heterocycles. The van der Waals surface area contributed by atoms with Gasteiger partial charge in [-0.05, 0) is 42.3 Å². The molecule has 0 unspecified atom stereocenters. The largest absolute Gasteiger partial charge is 0.376 e. The van der Waals surface area contributed by atoms with Crippen molar-refractivity contribution in [1.82, 2.24) is 14.9 Å². The summed E-state index contributed by atoms with van der Waals surface area (Å²) in [4.78, 5) is 28.9. The van der Waals surface area contributed by atoms with Gasteiger partial charge in [-0.15, -0.1) is 11.3 Å². The molecule has 2 atom stereocenters. The van der Waals surface area contributed by atoms with Crippen molar-refractivity contribution < 1.29 is 22.7 Å². The first kappa shape index (κ1) is 25.4. The number of amides is 2. The van der Waals surface area contributed by atoms with Gasteiger partial charge < -0.3 is 15.0 Å². The van der Waals surface area contributed by atoms with Gasteiger partial charge in [0.15, 0.2) is 0 Å². The number of carbonyl (C=O) groups excluding carboxylic acids is 2. The van der Waals surface area contributed by atoms with Crippen LogP contribution in [0.25, 0.3) is 0 Å². The van der Waals surface area contributed by atoms with Gasteiger partial charge in [0.05, 0.1) is 24.1 Å². The summed E-state index contributed by atoms with van der Waals surface area (Å²) in [5.41, 5.74) is 0. The Balaban J connectivity index is 1.74. The van der Waals surface area contributed by atoms with Gasteiger partial charge in [-0.2, -0.15) is 0 Å². The van der Waals surface area contributed by atoms with E-state index in [-0.39, 0.29) is 29.4 Å². The van der Waals surface area contributed by atoms with E-state index in [2.05, 4.69) is 10.0 Å². The number of hydrogen-bond donors (Lipinski definition) is 2. The number of carbonyl (C=O) groups is 2. The van der Waals surface area contributed by atoms with E-state index in [9.17, 15) is 18.0 Å². The van der Waals surface area contributed by atoms with Crippen LogP contribution in [-0.4, -0.2) is 57.0 Å². The number of hydrogen-bond acceptors (Lipinski definition) is 6. The molecule has 0 bridgehead atoms. The van der Waals surface area contributed by atoms with Gasteiger partial charge in [-0.25, -0.2) is 13.1 Å². The van der Waals surface area contributed by atoms with E-state index in [0.717, 1.165) is 17.7 Å². The van der Waals surface area contributed by atoms with E-state index >= 15 is 0 Å². The number of sulfonamides is 1. The second-order valence-corrected chi connectivity index (χ2v) is 11.1. The molecule has 2 N–H and O–H groups in total. The molecule has 2 aromatic rings. The van der Waals surface area contributed by atoms with E-state index in [1.807, 2.05) is 31.4 Å². The highest BCUT2D eigenvalue weighted by atomic mass is 32.2. The molecule has 1 aromatic heterocycles. The van der Waals surface area contributed by atoms with E-state index in [4.69, 9.17) is 4.74 Å². The van der Waals surface area contributed by atoms with Crippen molar-refractivity contribution in [3.8, 4) is 0 Å². The van der Waals surface area contributed by atoms with E-state index in [0.29, 0.717) is 13.2 Å². The smallest absolute Gasteiger partial charge is 0.243 e. The standard InChI is InChI=1S/C23H31N3O5S2/c1-17(2)22(23(28)24-14-18-8-6-12-31-18)26(16-19-9-7-13-32-19)21(27)15-25-33(29,30)20-10-4-3-5-11-20/h3-5,7,9-11,13,17-18,22,25H,6,8,12,14-16H2,1-2H3,(H,24,28)/t18-,22+/m1/s1. The number of rotatable bonds is 11. The van der Waals surface area contributed by atoms with Gasteiger partial charge in [0.25, 0.3) is 0 Å². The summed E-state index contributed by atoms with van der Waals surface area (Å²) in [7, 11) is -3.85. The topological polar surface area (TPSA) is 105 Å². The molecule has 1 aromatic carbocycles. The lowest BCUT2D eigenvalue weighted by Crippen LogP contribution is -2.54. The van der Waals surface area contributed by atoms with Crippen LogP contribution in [0, 0.1) is 5.92 Å². The van der Waals surface area contributed by atoms with Crippen molar-refractivity contribution in [2.45, 2.75) is 50.3 Å². The first-order chi connectivity index (χ1) is 15.8. The van der Waals surface area contributed by atoms with Crippen molar-refractivity contribution in [2.75, 3.05) is 19.7 Å². The van der Waals surface area contributed by atoms with Gasteiger partial charge >= 0.3 is 0 Å². The van der Waals surface area contributed by atoms with Crippen LogP contribution in [0.1, 0.15) is 31.6 Å². The Morgan fingerprint density at radius 3 is 2.55 bits per heavy atom. The molecule has 0 saturated carbocycles. The number of ether oxygens (including phenoxy) is 1. The average Bonchev–Trinajstić information content (AvgIpc) is 3.50. The molecule has 1 fully saturated rings. The summed E-state index contributed by atoms with van der Waals surface area (Å²) < 4.78 is 33.1. The second kappa shape index (κ2) is 11.7. The fourth-order valence-corrected chi connectivity index (χ4v) is 5.48. The Hall–Kier alpha value is -2.27. The van der Waals surface area contributed by atoms with Gasteiger partial charge in [0, 0.05) is 18.0 Å². The van der Waals surface area contributed by atoms with Gasteiger partial charge in [-0.1, -0.05) is 38.1 Å². The van der Waals surface area contributed by atoms with Crippen LogP contribution >= 0.6 is 11.3 Å². The fraction of sp³-hybridized carbons (Fsp3) is 0.478. The molecule has 3 rings (SSSR count). The van der Waals surface area contributed by atoms with Crippen LogP contribution in [0.4, 0.5) is 0 Å². The van der Waals surface area contributed by atoms with Crippen molar-refractivity contribution in [3.63, 3.8) is 0 Å². The van der Waals surface area contributed by atoms with Crippen molar-refractivity contribution >= 4 is 33.2 Å². The minimum absolute atomic E-state index is 0.0131. The van der Waals surface area contributed by atoms with Crippen molar-refractivity contribution in [3.05, 3.63) is 52.7 Å². The Kier molecular flexibility index (Phi) is 9.02. The van der Waals surface area contributed by atoms with Crippen LogP contribution in [0.3, 0.4) is 0 Å². The third-order valence-corrected chi connectivity index (χ3v) is 7.74. The summed E-state index contributed by atoms with van der Waals surface area (Å²) in [6.07, 6.45) is 1.85. The Morgan fingerprint density at radius 1 is 1.18 bits per heavy atom. The number of thiophene rings is 1. The quantitative estimate of drug-likeness (QED) is 0.500. The summed E-state index contributed by atoms with van der Waals surface area (Å²) in [6, 6.07) is 10.9. The normalized spacial score (nSPS) is 17.1. The first-order valence-electron chi connectivity index (χ1n) is 11.0. The Morgan fingerprint density at radius 2 is 1.94 bits per heavy atom. The molecule has 1 saturated heterocycles. The zero-order chi connectivity index (χ0) is 23.8. The lowest BCUT2D eigenvalue weighted by molar-refractivity contribution is -0.142. The predicted octanol–water partition coefficient (Wildman–Crippen LogP) is 2.38. The third-order valence-electron chi connectivity index (χ3n) is 5.46. The number of nitrogens with one attached hydrogen (secondary N) is 2. The van der Waals surface area contributed by atoms with Crippen LogP contribution in [0.5, 0.6) is 0 Å². The highest BCUT2D eigenvalue weighted by molar-refractivity contribution is 7.89. The molecule has 0 spiro atoms. The minimum atomic E-state index is -3.85. The zero-order valence-electron chi connectivity index (χ0n) is 18.9. The maximum absolute atomic E-state index is 13.3. The van der Waals surface area contributed by atoms with Crippen molar-refractivity contribution in [1.29, 1.82) is 0 Å². The maximum atomic E-state index is 13.3. The van der Waals surface area contributed by atoms with Gasteiger partial charge in [-0.3, -0.25) is 9.59 Å². The molecular formula is C23H31N3O5S2. The summed E-state index contributed by atoms with van der Waals surface area (Å²) in [5.74, 6) is -0.908. The summed E-state index contributed by atoms with van der Waals surface area (Å²) in [6.45, 7) is 4.62. The summed E-state index contributed by atoms with van der Waals surface area (Å²) in [5, 5.41) is 4.83. The highest BCUT2D eigenvalue weighted by Crippen LogP contribution is 2.19. The van der Waals surface area contributed by atoms with Crippen molar-refractivity contribution in [2.24, 2.45) is 5.92 Å². The molecule has 1 aliphatic rings. The number of nitrogens with zero attached hydrogens (tertiary/aromatic N) is 1. The first-order valence-corrected chi connectivity index (χ1v) is 13.4. The molecule has 10 heteroatoms. The molecule has 0 radical (unpaired) electrons. The van der Waals surface area contributed by atoms with Crippen LogP contribution in [0.15, 0.2) is 52.7 Å².